The highest BCUT2D eigenvalue weighted by Crippen LogP contribution is 2.30. The number of nitrogens with zero attached hydrogens (tertiary/aromatic N) is 2. The summed E-state index contributed by atoms with van der Waals surface area (Å²) in [4.78, 5) is 0.325. The van der Waals surface area contributed by atoms with Crippen LogP contribution in [0.25, 0.3) is 0 Å². The van der Waals surface area contributed by atoms with Crippen molar-refractivity contribution in [1.29, 1.82) is 0 Å². The predicted molar refractivity (Wildman–Crippen MR) is 86.4 cm³/mol. The summed E-state index contributed by atoms with van der Waals surface area (Å²) in [6.45, 7) is 6.58. The van der Waals surface area contributed by atoms with E-state index in [-0.39, 0.29) is 0 Å². The molecule has 0 bridgehead atoms. The maximum atomic E-state index is 12.6. The van der Waals surface area contributed by atoms with E-state index in [0.29, 0.717) is 16.5 Å². The second kappa shape index (κ2) is 5.43. The highest BCUT2D eigenvalue weighted by molar-refractivity contribution is 7.92. The first-order chi connectivity index (χ1) is 10.3. The van der Waals surface area contributed by atoms with Crippen molar-refractivity contribution in [3.8, 4) is 0 Å². The maximum Gasteiger partial charge on any atom is 0.262 e. The smallest absolute Gasteiger partial charge is 0.262 e. The molecule has 5 nitrogen and oxygen atoms in total. The lowest BCUT2D eigenvalue weighted by Crippen LogP contribution is -2.14. The van der Waals surface area contributed by atoms with Gasteiger partial charge >= 0.3 is 0 Å². The molecule has 1 N–H and O–H groups in total. The lowest BCUT2D eigenvalue weighted by Gasteiger charge is -2.11. The molecule has 3 rings (SSSR count). The van der Waals surface area contributed by atoms with E-state index in [1.807, 2.05) is 31.5 Å². The fraction of sp³-hybridized carbons (Fsp3) is 0.438. The largest absolute Gasteiger partial charge is 0.276 e. The standard InChI is InChI=1S/C16H21N3O2S/c1-11-6-13(3)16(7-12(11)2)22(20,21)18-15-8-17-19(10-15)9-14-4-5-14/h6-8,10,14,18H,4-5,9H2,1-3H3. The number of hydrogen-bond acceptors (Lipinski definition) is 3. The van der Waals surface area contributed by atoms with Crippen molar-refractivity contribution in [2.75, 3.05) is 4.72 Å². The average Bonchev–Trinajstić information content (AvgIpc) is 3.13. The zero-order valence-corrected chi connectivity index (χ0v) is 13.9. The third kappa shape index (κ3) is 3.16. The number of anilines is 1. The van der Waals surface area contributed by atoms with Gasteiger partial charge in [-0.05, 0) is 62.3 Å². The van der Waals surface area contributed by atoms with Crippen LogP contribution in [0.15, 0.2) is 29.4 Å². The first-order valence-electron chi connectivity index (χ1n) is 7.48. The topological polar surface area (TPSA) is 64.0 Å². The van der Waals surface area contributed by atoms with Crippen LogP contribution < -0.4 is 4.72 Å². The number of benzene rings is 1. The monoisotopic (exact) mass is 319 g/mol. The van der Waals surface area contributed by atoms with Crippen molar-refractivity contribution in [2.24, 2.45) is 5.92 Å². The minimum atomic E-state index is -3.59. The SMILES string of the molecule is Cc1cc(C)c(S(=O)(=O)Nc2cnn(CC3CC3)c2)cc1C. The van der Waals surface area contributed by atoms with Crippen molar-refractivity contribution in [2.45, 2.75) is 45.1 Å². The summed E-state index contributed by atoms with van der Waals surface area (Å²) >= 11 is 0. The second-order valence-corrected chi connectivity index (χ2v) is 7.85. The maximum absolute atomic E-state index is 12.6. The number of hydrogen-bond donors (Lipinski definition) is 1. The number of aryl methyl sites for hydroxylation is 3. The molecule has 0 radical (unpaired) electrons. The van der Waals surface area contributed by atoms with Crippen molar-refractivity contribution < 1.29 is 8.42 Å². The second-order valence-electron chi connectivity index (χ2n) is 6.20. The van der Waals surface area contributed by atoms with E-state index in [1.165, 1.54) is 12.8 Å². The van der Waals surface area contributed by atoms with Gasteiger partial charge in [0.25, 0.3) is 10.0 Å². The zero-order chi connectivity index (χ0) is 15.9. The van der Waals surface area contributed by atoms with Gasteiger partial charge in [-0.3, -0.25) is 9.40 Å². The van der Waals surface area contributed by atoms with Crippen LogP contribution in [-0.2, 0) is 16.6 Å². The van der Waals surface area contributed by atoms with E-state index in [0.717, 1.165) is 23.2 Å². The van der Waals surface area contributed by atoms with E-state index in [4.69, 9.17) is 0 Å². The highest BCUT2D eigenvalue weighted by Gasteiger charge is 2.23. The number of rotatable bonds is 5. The van der Waals surface area contributed by atoms with Crippen molar-refractivity contribution in [3.05, 3.63) is 41.2 Å². The van der Waals surface area contributed by atoms with Crippen LogP contribution in [0.3, 0.4) is 0 Å². The molecule has 1 aromatic carbocycles. The average molecular weight is 319 g/mol. The fourth-order valence-corrected chi connectivity index (χ4v) is 3.86. The minimum absolute atomic E-state index is 0.325. The summed E-state index contributed by atoms with van der Waals surface area (Å²) in [7, 11) is -3.59. The van der Waals surface area contributed by atoms with Gasteiger partial charge in [-0.15, -0.1) is 0 Å². The molecule has 0 aliphatic heterocycles. The Morgan fingerprint density at radius 1 is 1.18 bits per heavy atom. The molecule has 0 atom stereocenters. The third-order valence-electron chi connectivity index (χ3n) is 4.11. The molecule has 0 spiro atoms. The molecule has 1 fully saturated rings. The van der Waals surface area contributed by atoms with Crippen LogP contribution in [0.2, 0.25) is 0 Å². The molecule has 2 aromatic rings. The number of aromatic nitrogens is 2. The molecule has 6 heteroatoms. The summed E-state index contributed by atoms with van der Waals surface area (Å²) < 4.78 is 29.6. The molecule has 0 saturated heterocycles. The van der Waals surface area contributed by atoms with Gasteiger partial charge in [0, 0.05) is 12.7 Å². The van der Waals surface area contributed by atoms with Gasteiger partial charge in [-0.2, -0.15) is 5.10 Å². The van der Waals surface area contributed by atoms with Gasteiger partial charge < -0.3 is 0 Å². The summed E-state index contributed by atoms with van der Waals surface area (Å²) in [6, 6.07) is 3.63. The van der Waals surface area contributed by atoms with E-state index < -0.39 is 10.0 Å². The lowest BCUT2D eigenvalue weighted by atomic mass is 10.1. The van der Waals surface area contributed by atoms with Crippen LogP contribution in [0, 0.1) is 26.7 Å². The fourth-order valence-electron chi connectivity index (χ4n) is 2.51. The summed E-state index contributed by atoms with van der Waals surface area (Å²) in [5, 5.41) is 4.22. The normalized spacial score (nSPS) is 15.0. The van der Waals surface area contributed by atoms with Crippen molar-refractivity contribution in [3.63, 3.8) is 0 Å². The highest BCUT2D eigenvalue weighted by atomic mass is 32.2. The van der Waals surface area contributed by atoms with Crippen molar-refractivity contribution >= 4 is 15.7 Å². The predicted octanol–water partition coefficient (Wildman–Crippen LogP) is 3.02. The molecule has 1 heterocycles. The van der Waals surface area contributed by atoms with Gasteiger partial charge in [-0.25, -0.2) is 8.42 Å². The summed E-state index contributed by atoms with van der Waals surface area (Å²) in [5.41, 5.74) is 3.32. The van der Waals surface area contributed by atoms with Crippen LogP contribution in [0.4, 0.5) is 5.69 Å². The van der Waals surface area contributed by atoms with Gasteiger partial charge in [0.05, 0.1) is 16.8 Å². The molecule has 0 amide bonds. The van der Waals surface area contributed by atoms with Gasteiger partial charge in [0.1, 0.15) is 0 Å². The Kier molecular flexibility index (Phi) is 3.72. The van der Waals surface area contributed by atoms with Crippen LogP contribution in [0.5, 0.6) is 0 Å². The molecule has 1 aliphatic rings. The van der Waals surface area contributed by atoms with Crippen LogP contribution >= 0.6 is 0 Å². The zero-order valence-electron chi connectivity index (χ0n) is 13.1. The molecular formula is C16H21N3O2S. The van der Waals surface area contributed by atoms with Gasteiger partial charge in [0.2, 0.25) is 0 Å². The van der Waals surface area contributed by atoms with E-state index in [9.17, 15) is 8.42 Å². The quantitative estimate of drug-likeness (QED) is 0.921. The third-order valence-corrected chi connectivity index (χ3v) is 5.63. The van der Waals surface area contributed by atoms with Crippen molar-refractivity contribution in [1.82, 2.24) is 9.78 Å². The Morgan fingerprint density at radius 3 is 2.55 bits per heavy atom. The Bertz CT molecular complexity index is 805. The molecule has 118 valence electrons. The molecular weight excluding hydrogens is 298 g/mol. The molecule has 0 unspecified atom stereocenters. The Labute approximate surface area is 131 Å². The van der Waals surface area contributed by atoms with E-state index in [2.05, 4.69) is 9.82 Å². The number of nitrogens with one attached hydrogen (secondary N) is 1. The Morgan fingerprint density at radius 2 is 1.86 bits per heavy atom. The first-order valence-corrected chi connectivity index (χ1v) is 8.96. The molecule has 1 aromatic heterocycles. The summed E-state index contributed by atoms with van der Waals surface area (Å²) in [5.74, 6) is 0.700. The molecule has 1 saturated carbocycles. The lowest BCUT2D eigenvalue weighted by molar-refractivity contribution is 0.563. The molecule has 22 heavy (non-hydrogen) atoms. The summed E-state index contributed by atoms with van der Waals surface area (Å²) in [6.07, 6.45) is 5.80. The van der Waals surface area contributed by atoms with Crippen LogP contribution in [-0.4, -0.2) is 18.2 Å². The van der Waals surface area contributed by atoms with Crippen LogP contribution in [0.1, 0.15) is 29.5 Å². The number of sulfonamides is 1. The van der Waals surface area contributed by atoms with E-state index >= 15 is 0 Å². The van der Waals surface area contributed by atoms with E-state index in [1.54, 1.807) is 18.5 Å². The Balaban J connectivity index is 1.83. The van der Waals surface area contributed by atoms with Gasteiger partial charge in [0.15, 0.2) is 0 Å². The first kappa shape index (κ1) is 15.1. The minimum Gasteiger partial charge on any atom is -0.276 e. The molecule has 1 aliphatic carbocycles. The van der Waals surface area contributed by atoms with Gasteiger partial charge in [-0.1, -0.05) is 6.07 Å². The Hall–Kier alpha value is -1.82.